The summed E-state index contributed by atoms with van der Waals surface area (Å²) < 4.78 is 27.9. The van der Waals surface area contributed by atoms with Crippen LogP contribution in [0.1, 0.15) is 26.2 Å². The molecule has 0 aliphatic heterocycles. The number of nitrogen functional groups attached to an aromatic ring is 1. The van der Waals surface area contributed by atoms with Crippen molar-refractivity contribution < 1.29 is 8.42 Å². The zero-order chi connectivity index (χ0) is 13.3. The van der Waals surface area contributed by atoms with Crippen LogP contribution in [0.15, 0.2) is 11.1 Å². The maximum Gasteiger partial charge on any atom is 0.248 e. The minimum absolute atomic E-state index is 0.0737. The van der Waals surface area contributed by atoms with Gasteiger partial charge in [0.05, 0.1) is 0 Å². The fourth-order valence-electron chi connectivity index (χ4n) is 2.18. The lowest BCUT2D eigenvalue weighted by Crippen LogP contribution is -2.37. The molecule has 0 radical (unpaired) electrons. The van der Waals surface area contributed by atoms with Gasteiger partial charge in [0.25, 0.3) is 0 Å². The van der Waals surface area contributed by atoms with Crippen LogP contribution in [0.25, 0.3) is 0 Å². The quantitative estimate of drug-likeness (QED) is 0.860. The number of aryl methyl sites for hydroxylation is 1. The average Bonchev–Trinajstić information content (AvgIpc) is 2.56. The summed E-state index contributed by atoms with van der Waals surface area (Å²) in [6.07, 6.45) is 4.91. The molecule has 0 amide bonds. The molecular weight excluding hydrogens is 252 g/mol. The molecule has 18 heavy (non-hydrogen) atoms. The highest BCUT2D eigenvalue weighted by Gasteiger charge is 2.31. The molecule has 1 aliphatic rings. The minimum atomic E-state index is -3.51. The third kappa shape index (κ3) is 2.37. The molecule has 1 aliphatic carbocycles. The van der Waals surface area contributed by atoms with E-state index in [0.29, 0.717) is 19.0 Å². The number of hydrogen-bond acceptors (Lipinski definition) is 4. The molecule has 1 saturated carbocycles. The topological polar surface area (TPSA) is 81.2 Å². The van der Waals surface area contributed by atoms with E-state index in [1.54, 1.807) is 7.05 Å². The zero-order valence-electron chi connectivity index (χ0n) is 10.8. The van der Waals surface area contributed by atoms with Crippen molar-refractivity contribution in [3.8, 4) is 0 Å². The Labute approximate surface area is 108 Å². The van der Waals surface area contributed by atoms with Crippen LogP contribution in [0.4, 0.5) is 5.82 Å². The van der Waals surface area contributed by atoms with Gasteiger partial charge < -0.3 is 5.73 Å². The van der Waals surface area contributed by atoms with E-state index in [-0.39, 0.29) is 10.7 Å². The van der Waals surface area contributed by atoms with Gasteiger partial charge in [-0.3, -0.25) is 4.68 Å². The van der Waals surface area contributed by atoms with Crippen LogP contribution in [0, 0.1) is 5.92 Å². The van der Waals surface area contributed by atoms with Crippen molar-refractivity contribution in [1.29, 1.82) is 0 Å². The molecule has 2 N–H and O–H groups in total. The number of rotatable bonds is 5. The van der Waals surface area contributed by atoms with Crippen LogP contribution in [-0.4, -0.2) is 35.6 Å². The SMILES string of the molecule is CCN(CC1CCC1)S(=O)(=O)c1cn(C)nc1N. The highest BCUT2D eigenvalue weighted by molar-refractivity contribution is 7.89. The van der Waals surface area contributed by atoms with Crippen molar-refractivity contribution in [2.45, 2.75) is 31.1 Å². The average molecular weight is 272 g/mol. The van der Waals surface area contributed by atoms with Crippen LogP contribution in [0.2, 0.25) is 0 Å². The minimum Gasteiger partial charge on any atom is -0.381 e. The first kappa shape index (κ1) is 13.4. The Balaban J connectivity index is 2.24. The molecule has 2 rings (SSSR count). The van der Waals surface area contributed by atoms with Crippen molar-refractivity contribution >= 4 is 15.8 Å². The summed E-state index contributed by atoms with van der Waals surface area (Å²) in [5.74, 6) is 0.571. The van der Waals surface area contributed by atoms with E-state index in [2.05, 4.69) is 5.10 Å². The Kier molecular flexibility index (Phi) is 3.63. The maximum absolute atomic E-state index is 12.5. The normalized spacial score (nSPS) is 17.1. The first-order valence-electron chi connectivity index (χ1n) is 6.24. The highest BCUT2D eigenvalue weighted by Crippen LogP contribution is 2.29. The number of anilines is 1. The summed E-state index contributed by atoms with van der Waals surface area (Å²) in [5, 5.41) is 3.90. The number of hydrogen-bond donors (Lipinski definition) is 1. The van der Waals surface area contributed by atoms with E-state index in [4.69, 9.17) is 5.73 Å². The van der Waals surface area contributed by atoms with E-state index >= 15 is 0 Å². The third-order valence-electron chi connectivity index (χ3n) is 3.48. The van der Waals surface area contributed by atoms with E-state index in [0.717, 1.165) is 12.8 Å². The van der Waals surface area contributed by atoms with Gasteiger partial charge in [0, 0.05) is 26.3 Å². The summed E-state index contributed by atoms with van der Waals surface area (Å²) in [5.41, 5.74) is 5.66. The second-order valence-electron chi connectivity index (χ2n) is 4.80. The van der Waals surface area contributed by atoms with Crippen molar-refractivity contribution in [2.75, 3.05) is 18.8 Å². The van der Waals surface area contributed by atoms with Gasteiger partial charge in [-0.05, 0) is 18.8 Å². The van der Waals surface area contributed by atoms with Crippen molar-refractivity contribution in [3.05, 3.63) is 6.20 Å². The van der Waals surface area contributed by atoms with Crippen LogP contribution < -0.4 is 5.73 Å². The van der Waals surface area contributed by atoms with Gasteiger partial charge >= 0.3 is 0 Å². The third-order valence-corrected chi connectivity index (χ3v) is 5.44. The smallest absolute Gasteiger partial charge is 0.248 e. The second kappa shape index (κ2) is 4.89. The number of sulfonamides is 1. The van der Waals surface area contributed by atoms with Crippen LogP contribution in [-0.2, 0) is 17.1 Å². The molecule has 1 aromatic heterocycles. The predicted molar refractivity (Wildman–Crippen MR) is 69.4 cm³/mol. The molecule has 1 fully saturated rings. The lowest BCUT2D eigenvalue weighted by Gasteiger charge is -2.30. The molecule has 0 spiro atoms. The first-order valence-corrected chi connectivity index (χ1v) is 7.68. The Morgan fingerprint density at radius 3 is 2.61 bits per heavy atom. The van der Waals surface area contributed by atoms with Crippen molar-refractivity contribution in [1.82, 2.24) is 14.1 Å². The van der Waals surface area contributed by atoms with Gasteiger partial charge in [-0.2, -0.15) is 9.40 Å². The molecule has 0 atom stereocenters. The van der Waals surface area contributed by atoms with E-state index in [1.807, 2.05) is 6.92 Å². The number of nitrogens with zero attached hydrogens (tertiary/aromatic N) is 3. The molecule has 102 valence electrons. The highest BCUT2D eigenvalue weighted by atomic mass is 32.2. The van der Waals surface area contributed by atoms with Crippen LogP contribution in [0.5, 0.6) is 0 Å². The van der Waals surface area contributed by atoms with E-state index in [9.17, 15) is 8.42 Å². The van der Waals surface area contributed by atoms with Gasteiger partial charge in [-0.1, -0.05) is 13.3 Å². The fraction of sp³-hybridized carbons (Fsp3) is 0.727. The first-order chi connectivity index (χ1) is 8.45. The summed E-state index contributed by atoms with van der Waals surface area (Å²) >= 11 is 0. The lowest BCUT2D eigenvalue weighted by molar-refractivity contribution is 0.250. The maximum atomic E-state index is 12.5. The molecule has 0 aromatic carbocycles. The number of nitrogens with two attached hydrogens (primary N) is 1. The van der Waals surface area contributed by atoms with Gasteiger partial charge in [0.1, 0.15) is 4.90 Å². The Morgan fingerprint density at radius 2 is 2.22 bits per heavy atom. The van der Waals surface area contributed by atoms with E-state index < -0.39 is 10.0 Å². The fourth-order valence-corrected chi connectivity index (χ4v) is 3.80. The standard InChI is InChI=1S/C11H20N4O2S/c1-3-15(7-9-5-4-6-9)18(16,17)10-8-14(2)13-11(10)12/h8-9H,3-7H2,1-2H3,(H2,12,13). The molecule has 1 aromatic rings. The van der Waals surface area contributed by atoms with Gasteiger partial charge in [0.2, 0.25) is 10.0 Å². The van der Waals surface area contributed by atoms with E-state index in [1.165, 1.54) is 21.6 Å². The summed E-state index contributed by atoms with van der Waals surface area (Å²) in [4.78, 5) is 0.117. The van der Waals surface area contributed by atoms with Gasteiger partial charge in [-0.15, -0.1) is 0 Å². The molecular formula is C11H20N4O2S. The lowest BCUT2D eigenvalue weighted by atomic mass is 9.85. The van der Waals surface area contributed by atoms with Crippen molar-refractivity contribution in [2.24, 2.45) is 13.0 Å². The van der Waals surface area contributed by atoms with Crippen LogP contribution in [0.3, 0.4) is 0 Å². The van der Waals surface area contributed by atoms with Crippen LogP contribution >= 0.6 is 0 Å². The largest absolute Gasteiger partial charge is 0.381 e. The summed E-state index contributed by atoms with van der Waals surface area (Å²) in [6.45, 7) is 2.91. The zero-order valence-corrected chi connectivity index (χ0v) is 11.7. The Morgan fingerprint density at radius 1 is 1.56 bits per heavy atom. The Hall–Kier alpha value is -1.08. The molecule has 0 unspecified atom stereocenters. The molecule has 1 heterocycles. The Bertz CT molecular complexity index is 519. The number of aromatic nitrogens is 2. The molecule has 0 saturated heterocycles. The monoisotopic (exact) mass is 272 g/mol. The molecule has 6 nitrogen and oxygen atoms in total. The molecule has 7 heteroatoms. The molecule has 0 bridgehead atoms. The summed E-state index contributed by atoms with van der Waals surface area (Å²) in [7, 11) is -1.84. The second-order valence-corrected chi connectivity index (χ2v) is 6.71. The predicted octanol–water partition coefficient (Wildman–Crippen LogP) is 0.813. The van der Waals surface area contributed by atoms with Gasteiger partial charge in [-0.25, -0.2) is 8.42 Å². The van der Waals surface area contributed by atoms with Crippen molar-refractivity contribution in [3.63, 3.8) is 0 Å². The van der Waals surface area contributed by atoms with Gasteiger partial charge in [0.15, 0.2) is 5.82 Å². The summed E-state index contributed by atoms with van der Waals surface area (Å²) in [6, 6.07) is 0.